The lowest BCUT2D eigenvalue weighted by Crippen LogP contribution is -2.39. The van der Waals surface area contributed by atoms with E-state index >= 15 is 0 Å². The summed E-state index contributed by atoms with van der Waals surface area (Å²) in [5.74, 6) is 1.36. The minimum Gasteiger partial charge on any atom is -0.385 e. The Kier molecular flexibility index (Phi) is 4.12. The molecule has 0 radical (unpaired) electrons. The number of aromatic nitrogens is 2. The standard InChI is InChI=1S/C12H21N3O2/c1-16-9-5-6-10-14-11(17-15-10)12(13)7-3-2-4-8-12/h2-9,13H2,1H3. The number of ether oxygens (including phenoxy) is 1. The fourth-order valence-corrected chi connectivity index (χ4v) is 2.33. The van der Waals surface area contributed by atoms with Gasteiger partial charge in [0, 0.05) is 20.1 Å². The van der Waals surface area contributed by atoms with E-state index in [9.17, 15) is 0 Å². The van der Waals surface area contributed by atoms with Crippen molar-refractivity contribution in [1.82, 2.24) is 10.1 Å². The van der Waals surface area contributed by atoms with Crippen LogP contribution in [0.2, 0.25) is 0 Å². The van der Waals surface area contributed by atoms with E-state index in [0.717, 1.165) is 51.0 Å². The van der Waals surface area contributed by atoms with E-state index in [0.29, 0.717) is 5.89 Å². The average Bonchev–Trinajstić information content (AvgIpc) is 2.80. The van der Waals surface area contributed by atoms with E-state index in [2.05, 4.69) is 10.1 Å². The molecule has 5 heteroatoms. The van der Waals surface area contributed by atoms with Crippen molar-refractivity contribution in [2.24, 2.45) is 5.73 Å². The van der Waals surface area contributed by atoms with Crippen molar-refractivity contribution in [3.8, 4) is 0 Å². The molecule has 2 N–H and O–H groups in total. The third kappa shape index (κ3) is 3.04. The molecule has 1 saturated carbocycles. The second-order valence-corrected chi connectivity index (χ2v) is 4.83. The van der Waals surface area contributed by atoms with Crippen LogP contribution in [0.3, 0.4) is 0 Å². The third-order valence-electron chi connectivity index (χ3n) is 3.39. The van der Waals surface area contributed by atoms with Crippen molar-refractivity contribution in [1.29, 1.82) is 0 Å². The number of hydrogen-bond donors (Lipinski definition) is 1. The zero-order valence-electron chi connectivity index (χ0n) is 10.4. The summed E-state index contributed by atoms with van der Waals surface area (Å²) in [5.41, 5.74) is 5.94. The van der Waals surface area contributed by atoms with Gasteiger partial charge in [0.2, 0.25) is 5.89 Å². The molecule has 1 aromatic rings. The monoisotopic (exact) mass is 239 g/mol. The summed E-state index contributed by atoms with van der Waals surface area (Å²) in [6.45, 7) is 0.720. The number of nitrogens with zero attached hydrogens (tertiary/aromatic N) is 2. The summed E-state index contributed by atoms with van der Waals surface area (Å²) in [6, 6.07) is 0. The maximum atomic E-state index is 6.33. The van der Waals surface area contributed by atoms with Crippen LogP contribution in [0.5, 0.6) is 0 Å². The lowest BCUT2D eigenvalue weighted by atomic mass is 9.82. The lowest BCUT2D eigenvalue weighted by Gasteiger charge is -2.29. The first-order valence-electron chi connectivity index (χ1n) is 6.35. The summed E-state index contributed by atoms with van der Waals surface area (Å²) in [4.78, 5) is 4.42. The highest BCUT2D eigenvalue weighted by Crippen LogP contribution is 2.33. The van der Waals surface area contributed by atoms with Gasteiger partial charge in [-0.15, -0.1) is 0 Å². The van der Waals surface area contributed by atoms with Gasteiger partial charge in [-0.05, 0) is 19.3 Å². The van der Waals surface area contributed by atoms with Gasteiger partial charge in [-0.25, -0.2) is 0 Å². The van der Waals surface area contributed by atoms with Gasteiger partial charge in [0.05, 0.1) is 5.54 Å². The van der Waals surface area contributed by atoms with Crippen LogP contribution in [-0.2, 0) is 16.7 Å². The fraction of sp³-hybridized carbons (Fsp3) is 0.833. The predicted octanol–water partition coefficient (Wildman–Crippen LogP) is 1.77. The zero-order valence-corrected chi connectivity index (χ0v) is 10.4. The topological polar surface area (TPSA) is 74.2 Å². The van der Waals surface area contributed by atoms with Crippen molar-refractivity contribution < 1.29 is 9.26 Å². The van der Waals surface area contributed by atoms with Gasteiger partial charge in [0.1, 0.15) is 0 Å². The van der Waals surface area contributed by atoms with E-state index in [4.69, 9.17) is 15.0 Å². The summed E-state index contributed by atoms with van der Waals surface area (Å²) >= 11 is 0. The maximum absolute atomic E-state index is 6.33. The van der Waals surface area contributed by atoms with Crippen molar-refractivity contribution in [2.75, 3.05) is 13.7 Å². The Morgan fingerprint density at radius 3 is 2.82 bits per heavy atom. The summed E-state index contributed by atoms with van der Waals surface area (Å²) in [5, 5.41) is 3.99. The highest BCUT2D eigenvalue weighted by atomic mass is 16.5. The van der Waals surface area contributed by atoms with Gasteiger partial charge < -0.3 is 15.0 Å². The van der Waals surface area contributed by atoms with Crippen molar-refractivity contribution >= 4 is 0 Å². The Bertz CT molecular complexity index is 345. The second-order valence-electron chi connectivity index (χ2n) is 4.83. The summed E-state index contributed by atoms with van der Waals surface area (Å²) in [6.07, 6.45) is 7.16. The van der Waals surface area contributed by atoms with Crippen molar-refractivity contribution in [2.45, 2.75) is 50.5 Å². The van der Waals surface area contributed by atoms with Gasteiger partial charge in [-0.3, -0.25) is 0 Å². The molecule has 1 aromatic heterocycles. The number of aryl methyl sites for hydroxylation is 1. The van der Waals surface area contributed by atoms with Gasteiger partial charge >= 0.3 is 0 Å². The fourth-order valence-electron chi connectivity index (χ4n) is 2.33. The Morgan fingerprint density at radius 2 is 2.12 bits per heavy atom. The molecular weight excluding hydrogens is 218 g/mol. The molecule has 0 saturated heterocycles. The molecule has 0 atom stereocenters. The van der Waals surface area contributed by atoms with Gasteiger partial charge in [0.15, 0.2) is 5.82 Å². The summed E-state index contributed by atoms with van der Waals surface area (Å²) in [7, 11) is 1.69. The molecule has 1 fully saturated rings. The first-order valence-corrected chi connectivity index (χ1v) is 6.35. The molecule has 1 aliphatic carbocycles. The van der Waals surface area contributed by atoms with Crippen LogP contribution < -0.4 is 5.73 Å². The average molecular weight is 239 g/mol. The SMILES string of the molecule is COCCCc1noc(C2(N)CCCCC2)n1. The largest absolute Gasteiger partial charge is 0.385 e. The molecule has 0 aromatic carbocycles. The van der Waals surface area contributed by atoms with E-state index in [1.165, 1.54) is 6.42 Å². The molecule has 5 nitrogen and oxygen atoms in total. The van der Waals surface area contributed by atoms with Crippen LogP contribution in [0.15, 0.2) is 4.52 Å². The van der Waals surface area contributed by atoms with E-state index in [-0.39, 0.29) is 5.54 Å². The maximum Gasteiger partial charge on any atom is 0.246 e. The molecule has 17 heavy (non-hydrogen) atoms. The Morgan fingerprint density at radius 1 is 1.35 bits per heavy atom. The Labute approximate surface area is 102 Å². The molecule has 96 valence electrons. The predicted molar refractivity (Wildman–Crippen MR) is 63.4 cm³/mol. The minimum absolute atomic E-state index is 0.384. The molecular formula is C12H21N3O2. The number of hydrogen-bond acceptors (Lipinski definition) is 5. The molecule has 0 spiro atoms. The third-order valence-corrected chi connectivity index (χ3v) is 3.39. The van der Waals surface area contributed by atoms with Crippen molar-refractivity contribution in [3.63, 3.8) is 0 Å². The molecule has 0 amide bonds. The van der Waals surface area contributed by atoms with Crippen LogP contribution in [0.1, 0.15) is 50.2 Å². The smallest absolute Gasteiger partial charge is 0.246 e. The van der Waals surface area contributed by atoms with Gasteiger partial charge in [-0.2, -0.15) is 4.98 Å². The molecule has 2 rings (SSSR count). The van der Waals surface area contributed by atoms with E-state index in [1.54, 1.807) is 7.11 Å². The van der Waals surface area contributed by atoms with Crippen LogP contribution >= 0.6 is 0 Å². The zero-order chi connectivity index (χ0) is 12.1. The molecule has 0 unspecified atom stereocenters. The minimum atomic E-state index is -0.384. The first-order chi connectivity index (χ1) is 8.24. The van der Waals surface area contributed by atoms with Crippen LogP contribution in [0, 0.1) is 0 Å². The first kappa shape index (κ1) is 12.5. The molecule has 0 aliphatic heterocycles. The lowest BCUT2D eigenvalue weighted by molar-refractivity contribution is 0.194. The summed E-state index contributed by atoms with van der Waals surface area (Å²) < 4.78 is 10.3. The highest BCUT2D eigenvalue weighted by molar-refractivity contribution is 5.03. The van der Waals surface area contributed by atoms with Crippen LogP contribution in [-0.4, -0.2) is 23.9 Å². The van der Waals surface area contributed by atoms with E-state index in [1.807, 2.05) is 0 Å². The normalized spacial score (nSPS) is 19.4. The van der Waals surface area contributed by atoms with Crippen molar-refractivity contribution in [3.05, 3.63) is 11.7 Å². The quantitative estimate of drug-likeness (QED) is 0.792. The van der Waals surface area contributed by atoms with Crippen LogP contribution in [0.4, 0.5) is 0 Å². The Hall–Kier alpha value is -0.940. The number of methoxy groups -OCH3 is 1. The van der Waals surface area contributed by atoms with Crippen LogP contribution in [0.25, 0.3) is 0 Å². The van der Waals surface area contributed by atoms with Gasteiger partial charge in [-0.1, -0.05) is 24.4 Å². The Balaban J connectivity index is 1.96. The number of rotatable bonds is 5. The second kappa shape index (κ2) is 5.60. The molecule has 1 heterocycles. The van der Waals surface area contributed by atoms with E-state index < -0.39 is 0 Å². The van der Waals surface area contributed by atoms with Gasteiger partial charge in [0.25, 0.3) is 0 Å². The number of nitrogens with two attached hydrogens (primary N) is 1. The molecule has 1 aliphatic rings. The molecule has 0 bridgehead atoms. The highest BCUT2D eigenvalue weighted by Gasteiger charge is 2.34.